The molecule has 0 atom stereocenters. The molecule has 0 aliphatic carbocycles. The van der Waals surface area contributed by atoms with E-state index < -0.39 is 0 Å². The van der Waals surface area contributed by atoms with Crippen molar-refractivity contribution in [3.05, 3.63) is 59.8 Å². The van der Waals surface area contributed by atoms with E-state index >= 15 is 0 Å². The number of carbonyl (C=O) groups excluding carboxylic acids is 2. The van der Waals surface area contributed by atoms with Crippen LogP contribution in [0.5, 0.6) is 11.5 Å². The molecule has 0 bridgehead atoms. The van der Waals surface area contributed by atoms with E-state index in [1.54, 1.807) is 18.2 Å². The highest BCUT2D eigenvalue weighted by Crippen LogP contribution is 2.22. The van der Waals surface area contributed by atoms with Crippen LogP contribution in [-0.4, -0.2) is 44.1 Å². The molecule has 3 N–H and O–H groups in total. The van der Waals surface area contributed by atoms with Crippen LogP contribution in [-0.2, 0) is 0 Å². The number of fused-ring (bicyclic) bond motifs is 1. The van der Waals surface area contributed by atoms with Crippen molar-refractivity contribution in [3.63, 3.8) is 0 Å². The molecule has 7 nitrogen and oxygen atoms in total. The maximum Gasteiger partial charge on any atom is 0.267 e. The molecule has 3 rings (SSSR count). The molecule has 1 aromatic heterocycles. The zero-order valence-corrected chi connectivity index (χ0v) is 15.9. The third-order valence-corrected chi connectivity index (χ3v) is 4.31. The smallest absolute Gasteiger partial charge is 0.267 e. The second kappa shape index (κ2) is 8.94. The minimum absolute atomic E-state index is 0.167. The Labute approximate surface area is 163 Å². The van der Waals surface area contributed by atoms with Crippen molar-refractivity contribution < 1.29 is 19.1 Å². The molecule has 2 aromatic carbocycles. The third kappa shape index (κ3) is 4.62. The van der Waals surface area contributed by atoms with Crippen LogP contribution in [0.2, 0.25) is 0 Å². The molecule has 28 heavy (non-hydrogen) atoms. The Hall–Kier alpha value is -3.48. The van der Waals surface area contributed by atoms with Gasteiger partial charge in [-0.3, -0.25) is 9.59 Å². The standard InChI is InChI=1S/C21H23N3O4/c1-27-16-10-15(11-17(13-16)28-2)20(25)22-8-5-9-23-21(26)19-12-14-6-3-4-7-18(14)24-19/h3-4,6-7,10-13,24H,5,8-9H2,1-2H3,(H,22,25)(H,23,26). The zero-order chi connectivity index (χ0) is 19.9. The van der Waals surface area contributed by atoms with Crippen molar-refractivity contribution >= 4 is 22.7 Å². The van der Waals surface area contributed by atoms with E-state index in [2.05, 4.69) is 15.6 Å². The summed E-state index contributed by atoms with van der Waals surface area (Å²) in [5.74, 6) is 0.712. The van der Waals surface area contributed by atoms with Crippen LogP contribution in [0.15, 0.2) is 48.5 Å². The number of methoxy groups -OCH3 is 2. The number of carbonyl (C=O) groups is 2. The molecule has 0 fully saturated rings. The molecule has 0 radical (unpaired) electrons. The van der Waals surface area contributed by atoms with Crippen LogP contribution >= 0.6 is 0 Å². The van der Waals surface area contributed by atoms with Gasteiger partial charge in [-0.2, -0.15) is 0 Å². The monoisotopic (exact) mass is 381 g/mol. The highest BCUT2D eigenvalue weighted by Gasteiger charge is 2.10. The number of aromatic nitrogens is 1. The summed E-state index contributed by atoms with van der Waals surface area (Å²) in [7, 11) is 3.07. The van der Waals surface area contributed by atoms with E-state index in [0.29, 0.717) is 42.3 Å². The summed E-state index contributed by atoms with van der Waals surface area (Å²) in [5, 5.41) is 6.67. The second-order valence-electron chi connectivity index (χ2n) is 6.24. The van der Waals surface area contributed by atoms with Gasteiger partial charge in [0.15, 0.2) is 0 Å². The predicted molar refractivity (Wildman–Crippen MR) is 107 cm³/mol. The van der Waals surface area contributed by atoms with Gasteiger partial charge in [0, 0.05) is 35.6 Å². The van der Waals surface area contributed by atoms with Gasteiger partial charge < -0.3 is 25.1 Å². The Morgan fingerprint density at radius 1 is 0.893 bits per heavy atom. The number of aromatic amines is 1. The van der Waals surface area contributed by atoms with Gasteiger partial charge in [0.25, 0.3) is 11.8 Å². The molecule has 146 valence electrons. The molecule has 0 saturated carbocycles. The Bertz CT molecular complexity index is 925. The zero-order valence-electron chi connectivity index (χ0n) is 15.9. The Balaban J connectivity index is 1.45. The molecule has 3 aromatic rings. The Morgan fingerprint density at radius 2 is 1.54 bits per heavy atom. The van der Waals surface area contributed by atoms with E-state index in [4.69, 9.17) is 9.47 Å². The normalized spacial score (nSPS) is 10.5. The molecule has 0 aliphatic rings. The molecule has 0 aliphatic heterocycles. The summed E-state index contributed by atoms with van der Waals surface area (Å²) in [4.78, 5) is 27.6. The first kappa shape index (κ1) is 19.3. The highest BCUT2D eigenvalue weighted by molar-refractivity contribution is 5.98. The van der Waals surface area contributed by atoms with Gasteiger partial charge in [0.2, 0.25) is 0 Å². The van der Waals surface area contributed by atoms with Crippen molar-refractivity contribution in [1.29, 1.82) is 0 Å². The van der Waals surface area contributed by atoms with Gasteiger partial charge in [-0.1, -0.05) is 18.2 Å². The van der Waals surface area contributed by atoms with E-state index in [0.717, 1.165) is 10.9 Å². The summed E-state index contributed by atoms with van der Waals surface area (Å²) in [6.07, 6.45) is 0.610. The van der Waals surface area contributed by atoms with Gasteiger partial charge in [-0.25, -0.2) is 0 Å². The van der Waals surface area contributed by atoms with E-state index in [9.17, 15) is 9.59 Å². The van der Waals surface area contributed by atoms with Crippen molar-refractivity contribution in [3.8, 4) is 11.5 Å². The van der Waals surface area contributed by atoms with Gasteiger partial charge in [-0.05, 0) is 30.7 Å². The van der Waals surface area contributed by atoms with Gasteiger partial charge in [-0.15, -0.1) is 0 Å². The number of hydrogen-bond acceptors (Lipinski definition) is 4. The van der Waals surface area contributed by atoms with Gasteiger partial charge in [0.05, 0.1) is 14.2 Å². The molecule has 0 saturated heterocycles. The molecule has 1 heterocycles. The summed E-state index contributed by atoms with van der Waals surface area (Å²) < 4.78 is 10.3. The minimum Gasteiger partial charge on any atom is -0.497 e. The van der Waals surface area contributed by atoms with Crippen molar-refractivity contribution in [2.24, 2.45) is 0 Å². The Morgan fingerprint density at radius 3 is 2.18 bits per heavy atom. The molecule has 7 heteroatoms. The number of H-pyrrole nitrogens is 1. The van der Waals surface area contributed by atoms with Crippen molar-refractivity contribution in [2.45, 2.75) is 6.42 Å². The summed E-state index contributed by atoms with van der Waals surface area (Å²) in [6, 6.07) is 14.5. The van der Waals surface area contributed by atoms with Crippen LogP contribution in [0.3, 0.4) is 0 Å². The van der Waals surface area contributed by atoms with Crippen LogP contribution in [0, 0.1) is 0 Å². The van der Waals surface area contributed by atoms with Crippen molar-refractivity contribution in [1.82, 2.24) is 15.6 Å². The van der Waals surface area contributed by atoms with Gasteiger partial charge in [0.1, 0.15) is 17.2 Å². The molecule has 0 spiro atoms. The topological polar surface area (TPSA) is 92.4 Å². The largest absolute Gasteiger partial charge is 0.497 e. The average molecular weight is 381 g/mol. The molecular weight excluding hydrogens is 358 g/mol. The number of hydrogen-bond donors (Lipinski definition) is 3. The number of para-hydroxylation sites is 1. The predicted octanol–water partition coefficient (Wildman–Crippen LogP) is 2.74. The first-order valence-corrected chi connectivity index (χ1v) is 8.98. The number of benzene rings is 2. The summed E-state index contributed by atoms with van der Waals surface area (Å²) in [5.41, 5.74) is 1.90. The molecule has 2 amide bonds. The fourth-order valence-corrected chi connectivity index (χ4v) is 2.82. The highest BCUT2D eigenvalue weighted by atomic mass is 16.5. The molecular formula is C21H23N3O4. The number of amides is 2. The van der Waals surface area contributed by atoms with E-state index in [1.807, 2.05) is 30.3 Å². The SMILES string of the molecule is COc1cc(OC)cc(C(=O)NCCCNC(=O)c2cc3ccccc3[nH]2)c1. The lowest BCUT2D eigenvalue weighted by Crippen LogP contribution is -2.30. The number of ether oxygens (including phenoxy) is 2. The fraction of sp³-hybridized carbons (Fsp3) is 0.238. The lowest BCUT2D eigenvalue weighted by atomic mass is 10.2. The first-order chi connectivity index (χ1) is 13.6. The van der Waals surface area contributed by atoms with Gasteiger partial charge >= 0.3 is 0 Å². The molecule has 0 unspecified atom stereocenters. The lowest BCUT2D eigenvalue weighted by Gasteiger charge is -2.09. The fourth-order valence-electron chi connectivity index (χ4n) is 2.82. The van der Waals surface area contributed by atoms with Crippen molar-refractivity contribution in [2.75, 3.05) is 27.3 Å². The van der Waals surface area contributed by atoms with Crippen LogP contribution < -0.4 is 20.1 Å². The average Bonchev–Trinajstić information content (AvgIpc) is 3.17. The second-order valence-corrected chi connectivity index (χ2v) is 6.24. The maximum atomic E-state index is 12.3. The number of rotatable bonds is 8. The minimum atomic E-state index is -0.223. The summed E-state index contributed by atoms with van der Waals surface area (Å²) >= 11 is 0. The third-order valence-electron chi connectivity index (χ3n) is 4.31. The lowest BCUT2D eigenvalue weighted by molar-refractivity contribution is 0.0948. The summed E-state index contributed by atoms with van der Waals surface area (Å²) in [6.45, 7) is 0.890. The Kier molecular flexibility index (Phi) is 6.16. The van der Waals surface area contributed by atoms with E-state index in [-0.39, 0.29) is 11.8 Å². The quantitative estimate of drug-likeness (QED) is 0.523. The van der Waals surface area contributed by atoms with Crippen LogP contribution in [0.4, 0.5) is 0 Å². The first-order valence-electron chi connectivity index (χ1n) is 8.98. The maximum absolute atomic E-state index is 12.3. The number of nitrogens with one attached hydrogen (secondary N) is 3. The van der Waals surface area contributed by atoms with E-state index in [1.165, 1.54) is 14.2 Å². The van der Waals surface area contributed by atoms with Crippen LogP contribution in [0.1, 0.15) is 27.3 Å². The van der Waals surface area contributed by atoms with Crippen LogP contribution in [0.25, 0.3) is 10.9 Å².